The van der Waals surface area contributed by atoms with Gasteiger partial charge in [-0.1, -0.05) is 42.5 Å². The van der Waals surface area contributed by atoms with Gasteiger partial charge >= 0.3 is 0 Å². The van der Waals surface area contributed by atoms with E-state index in [9.17, 15) is 5.11 Å². The molecule has 0 saturated carbocycles. The van der Waals surface area contributed by atoms with Crippen molar-refractivity contribution in [1.29, 1.82) is 0 Å². The van der Waals surface area contributed by atoms with Crippen LogP contribution in [-0.2, 0) is 6.54 Å². The lowest BCUT2D eigenvalue weighted by Crippen LogP contribution is -2.21. The molecule has 1 atom stereocenters. The number of benzene rings is 2. The van der Waals surface area contributed by atoms with Crippen molar-refractivity contribution in [2.45, 2.75) is 12.6 Å². The molecular formula is C17H22N2O. The van der Waals surface area contributed by atoms with Crippen molar-refractivity contribution in [3.8, 4) is 0 Å². The average Bonchev–Trinajstić information content (AvgIpc) is 2.48. The predicted molar refractivity (Wildman–Crippen MR) is 83.9 cm³/mol. The number of nitrogens with zero attached hydrogens (tertiary/aromatic N) is 1. The Labute approximate surface area is 120 Å². The Morgan fingerprint density at radius 3 is 2.25 bits per heavy atom. The van der Waals surface area contributed by atoms with Gasteiger partial charge in [0, 0.05) is 32.9 Å². The monoisotopic (exact) mass is 270 g/mol. The summed E-state index contributed by atoms with van der Waals surface area (Å²) in [4.78, 5) is 2.08. The lowest BCUT2D eigenvalue weighted by molar-refractivity contribution is 0.174. The highest BCUT2D eigenvalue weighted by molar-refractivity contribution is 5.45. The highest BCUT2D eigenvalue weighted by Crippen LogP contribution is 2.13. The SMILES string of the molecule is CN(C)c1ccc(CNCC(O)c2ccccc2)cc1. The molecule has 0 aromatic heterocycles. The lowest BCUT2D eigenvalue weighted by Gasteiger charge is -2.14. The molecule has 0 fully saturated rings. The van der Waals surface area contributed by atoms with Gasteiger partial charge in [0.15, 0.2) is 0 Å². The molecular weight excluding hydrogens is 248 g/mol. The van der Waals surface area contributed by atoms with Crippen LogP contribution in [0.25, 0.3) is 0 Å². The van der Waals surface area contributed by atoms with Crippen molar-refractivity contribution in [3.05, 3.63) is 65.7 Å². The fourth-order valence-electron chi connectivity index (χ4n) is 2.06. The van der Waals surface area contributed by atoms with Crippen molar-refractivity contribution in [1.82, 2.24) is 5.32 Å². The van der Waals surface area contributed by atoms with Gasteiger partial charge < -0.3 is 15.3 Å². The lowest BCUT2D eigenvalue weighted by atomic mass is 10.1. The van der Waals surface area contributed by atoms with E-state index in [1.807, 2.05) is 44.4 Å². The molecule has 2 aromatic rings. The number of rotatable bonds is 6. The number of aliphatic hydroxyl groups is 1. The predicted octanol–water partition coefficient (Wildman–Crippen LogP) is 2.58. The second-order valence-electron chi connectivity index (χ2n) is 5.12. The second kappa shape index (κ2) is 7.08. The molecule has 0 aliphatic carbocycles. The molecule has 0 radical (unpaired) electrons. The van der Waals surface area contributed by atoms with Gasteiger partial charge in [0.05, 0.1) is 6.10 Å². The first kappa shape index (κ1) is 14.6. The molecule has 2 rings (SSSR count). The molecule has 0 amide bonds. The van der Waals surface area contributed by atoms with Crippen LogP contribution in [0.4, 0.5) is 5.69 Å². The van der Waals surface area contributed by atoms with Gasteiger partial charge in [-0.05, 0) is 23.3 Å². The van der Waals surface area contributed by atoms with Crippen LogP contribution in [0, 0.1) is 0 Å². The van der Waals surface area contributed by atoms with Gasteiger partial charge in [0.25, 0.3) is 0 Å². The van der Waals surface area contributed by atoms with E-state index < -0.39 is 6.10 Å². The molecule has 0 aliphatic rings. The Kier molecular flexibility index (Phi) is 5.16. The van der Waals surface area contributed by atoms with E-state index >= 15 is 0 Å². The summed E-state index contributed by atoms with van der Waals surface area (Å²) in [5.74, 6) is 0. The number of nitrogens with one attached hydrogen (secondary N) is 1. The van der Waals surface area contributed by atoms with E-state index in [1.165, 1.54) is 11.3 Å². The Morgan fingerprint density at radius 2 is 1.65 bits per heavy atom. The summed E-state index contributed by atoms with van der Waals surface area (Å²) in [6.07, 6.45) is -0.461. The highest BCUT2D eigenvalue weighted by atomic mass is 16.3. The van der Waals surface area contributed by atoms with E-state index in [0.717, 1.165) is 12.1 Å². The van der Waals surface area contributed by atoms with Crippen LogP contribution in [-0.4, -0.2) is 25.7 Å². The molecule has 20 heavy (non-hydrogen) atoms. The van der Waals surface area contributed by atoms with Crippen LogP contribution >= 0.6 is 0 Å². The standard InChI is InChI=1S/C17H22N2O/c1-19(2)16-10-8-14(9-11-16)12-18-13-17(20)15-6-4-3-5-7-15/h3-11,17-18,20H,12-13H2,1-2H3. The molecule has 3 heteroatoms. The van der Waals surface area contributed by atoms with Gasteiger partial charge in [-0.15, -0.1) is 0 Å². The van der Waals surface area contributed by atoms with E-state index in [-0.39, 0.29) is 0 Å². The van der Waals surface area contributed by atoms with E-state index in [4.69, 9.17) is 0 Å². The quantitative estimate of drug-likeness (QED) is 0.847. The molecule has 2 N–H and O–H groups in total. The van der Waals surface area contributed by atoms with Crippen LogP contribution in [0.2, 0.25) is 0 Å². The van der Waals surface area contributed by atoms with Crippen molar-refractivity contribution in [2.24, 2.45) is 0 Å². The molecule has 0 heterocycles. The minimum atomic E-state index is -0.461. The first-order chi connectivity index (χ1) is 9.66. The average molecular weight is 270 g/mol. The van der Waals surface area contributed by atoms with Gasteiger partial charge in [0.2, 0.25) is 0 Å². The maximum Gasteiger partial charge on any atom is 0.0914 e. The van der Waals surface area contributed by atoms with Crippen molar-refractivity contribution in [2.75, 3.05) is 25.5 Å². The number of aliphatic hydroxyl groups excluding tert-OH is 1. The minimum absolute atomic E-state index is 0.461. The largest absolute Gasteiger partial charge is 0.387 e. The summed E-state index contributed by atoms with van der Waals surface area (Å²) < 4.78 is 0. The zero-order valence-electron chi connectivity index (χ0n) is 12.1. The van der Waals surface area contributed by atoms with Crippen LogP contribution in [0.15, 0.2) is 54.6 Å². The molecule has 1 unspecified atom stereocenters. The van der Waals surface area contributed by atoms with Gasteiger partial charge in [-0.2, -0.15) is 0 Å². The molecule has 2 aromatic carbocycles. The topological polar surface area (TPSA) is 35.5 Å². The first-order valence-electron chi connectivity index (χ1n) is 6.87. The molecule has 3 nitrogen and oxygen atoms in total. The molecule has 0 bridgehead atoms. The van der Waals surface area contributed by atoms with Crippen LogP contribution in [0.5, 0.6) is 0 Å². The highest BCUT2D eigenvalue weighted by Gasteiger charge is 2.05. The molecule has 0 spiro atoms. The van der Waals surface area contributed by atoms with Gasteiger partial charge in [-0.3, -0.25) is 0 Å². The van der Waals surface area contributed by atoms with E-state index in [2.05, 4.69) is 34.5 Å². The van der Waals surface area contributed by atoms with Crippen LogP contribution < -0.4 is 10.2 Å². The van der Waals surface area contributed by atoms with Crippen molar-refractivity contribution < 1.29 is 5.11 Å². The number of anilines is 1. The molecule has 0 saturated heterocycles. The first-order valence-corrected chi connectivity index (χ1v) is 6.87. The molecule has 0 aliphatic heterocycles. The molecule has 106 valence electrons. The summed E-state index contributed by atoms with van der Waals surface area (Å²) in [5.41, 5.74) is 3.36. The number of hydrogen-bond donors (Lipinski definition) is 2. The second-order valence-corrected chi connectivity index (χ2v) is 5.12. The minimum Gasteiger partial charge on any atom is -0.387 e. The Morgan fingerprint density at radius 1 is 1.00 bits per heavy atom. The van der Waals surface area contributed by atoms with Crippen LogP contribution in [0.3, 0.4) is 0 Å². The summed E-state index contributed by atoms with van der Waals surface area (Å²) in [5, 5.41) is 13.3. The normalized spacial score (nSPS) is 12.2. The Balaban J connectivity index is 1.81. The smallest absolute Gasteiger partial charge is 0.0914 e. The Hall–Kier alpha value is -1.84. The third kappa shape index (κ3) is 4.08. The third-order valence-corrected chi connectivity index (χ3v) is 3.30. The zero-order valence-corrected chi connectivity index (χ0v) is 12.1. The van der Waals surface area contributed by atoms with E-state index in [1.54, 1.807) is 0 Å². The van der Waals surface area contributed by atoms with Crippen LogP contribution in [0.1, 0.15) is 17.2 Å². The Bertz CT molecular complexity index is 508. The van der Waals surface area contributed by atoms with Crippen molar-refractivity contribution >= 4 is 5.69 Å². The third-order valence-electron chi connectivity index (χ3n) is 3.30. The summed E-state index contributed by atoms with van der Waals surface area (Å²) in [6, 6.07) is 18.1. The summed E-state index contributed by atoms with van der Waals surface area (Å²) in [6.45, 7) is 1.32. The fraction of sp³-hybridized carbons (Fsp3) is 0.294. The maximum atomic E-state index is 10.0. The summed E-state index contributed by atoms with van der Waals surface area (Å²) in [7, 11) is 4.06. The fourth-order valence-corrected chi connectivity index (χ4v) is 2.06. The van der Waals surface area contributed by atoms with Crippen molar-refractivity contribution in [3.63, 3.8) is 0 Å². The van der Waals surface area contributed by atoms with E-state index in [0.29, 0.717) is 6.54 Å². The maximum absolute atomic E-state index is 10.0. The van der Waals surface area contributed by atoms with Gasteiger partial charge in [0.1, 0.15) is 0 Å². The zero-order chi connectivity index (χ0) is 14.4. The van der Waals surface area contributed by atoms with Gasteiger partial charge in [-0.25, -0.2) is 0 Å². The summed E-state index contributed by atoms with van der Waals surface area (Å²) >= 11 is 0. The number of hydrogen-bond acceptors (Lipinski definition) is 3.